The van der Waals surface area contributed by atoms with Crippen molar-refractivity contribution in [2.45, 2.75) is 18.6 Å². The van der Waals surface area contributed by atoms with Crippen molar-refractivity contribution in [3.63, 3.8) is 0 Å². The third-order valence-corrected chi connectivity index (χ3v) is 4.34. The third-order valence-electron chi connectivity index (χ3n) is 3.41. The first-order valence-corrected chi connectivity index (χ1v) is 8.56. The van der Waals surface area contributed by atoms with Crippen molar-refractivity contribution in [1.29, 1.82) is 0 Å². The molecule has 0 bridgehead atoms. The van der Waals surface area contributed by atoms with E-state index in [1.807, 2.05) is 43.3 Å². The highest BCUT2D eigenvalue weighted by Crippen LogP contribution is 2.19. The van der Waals surface area contributed by atoms with E-state index in [9.17, 15) is 0 Å². The third kappa shape index (κ3) is 4.36. The Morgan fingerprint density at radius 2 is 1.65 bits per heavy atom. The second-order valence-electron chi connectivity index (χ2n) is 5.11. The van der Waals surface area contributed by atoms with Gasteiger partial charge in [-0.3, -0.25) is 0 Å². The van der Waals surface area contributed by atoms with Gasteiger partial charge in [0, 0.05) is 5.75 Å². The molecule has 4 nitrogen and oxygen atoms in total. The fraction of sp³-hybridized carbons (Fsp3) is 0.222. The lowest BCUT2D eigenvalue weighted by Gasteiger charge is -2.09. The molecule has 0 fully saturated rings. The number of nitrogens with zero attached hydrogens (tertiary/aromatic N) is 3. The molecule has 2 aromatic carbocycles. The molecule has 0 aliphatic rings. The molecular formula is C18H19N3OS. The second-order valence-corrected chi connectivity index (χ2v) is 6.17. The van der Waals surface area contributed by atoms with Crippen LogP contribution < -0.4 is 4.74 Å². The van der Waals surface area contributed by atoms with Gasteiger partial charge >= 0.3 is 0 Å². The Kier molecular flexibility index (Phi) is 5.32. The van der Waals surface area contributed by atoms with E-state index in [2.05, 4.69) is 39.0 Å². The van der Waals surface area contributed by atoms with Crippen LogP contribution >= 0.6 is 11.8 Å². The monoisotopic (exact) mass is 325 g/mol. The van der Waals surface area contributed by atoms with Crippen molar-refractivity contribution in [3.8, 4) is 5.75 Å². The molecule has 0 saturated heterocycles. The minimum atomic E-state index is 0.645. The zero-order valence-corrected chi connectivity index (χ0v) is 13.9. The van der Waals surface area contributed by atoms with Crippen LogP contribution in [0.1, 0.15) is 11.4 Å². The summed E-state index contributed by atoms with van der Waals surface area (Å²) in [5.74, 6) is 2.66. The van der Waals surface area contributed by atoms with Crippen molar-refractivity contribution in [3.05, 3.63) is 72.1 Å². The Hall–Kier alpha value is -2.27. The Bertz CT molecular complexity index is 729. The predicted octanol–water partition coefficient (Wildman–Crippen LogP) is 3.81. The second kappa shape index (κ2) is 7.83. The standard InChI is InChI=1S/C18H19N3OS/c1-15-19-20-18(21(15)14-16-8-4-2-5-9-16)23-13-12-22-17-10-6-3-7-11-17/h2-11H,12-14H2,1H3. The molecule has 0 spiro atoms. The smallest absolute Gasteiger partial charge is 0.191 e. The van der Waals surface area contributed by atoms with Gasteiger partial charge in [-0.05, 0) is 24.6 Å². The van der Waals surface area contributed by atoms with Crippen LogP contribution in [0.4, 0.5) is 0 Å². The molecule has 0 N–H and O–H groups in total. The number of rotatable bonds is 7. The molecule has 1 heterocycles. The van der Waals surface area contributed by atoms with Crippen molar-refractivity contribution in [2.24, 2.45) is 0 Å². The number of benzene rings is 2. The van der Waals surface area contributed by atoms with Gasteiger partial charge in [-0.25, -0.2) is 0 Å². The Labute approximate surface area is 140 Å². The molecule has 0 unspecified atom stereocenters. The van der Waals surface area contributed by atoms with Crippen LogP contribution in [0.3, 0.4) is 0 Å². The molecule has 1 aromatic heterocycles. The lowest BCUT2D eigenvalue weighted by Crippen LogP contribution is -2.06. The minimum Gasteiger partial charge on any atom is -0.493 e. The first-order valence-electron chi connectivity index (χ1n) is 7.57. The molecule has 0 aliphatic heterocycles. The molecule has 0 aliphatic carbocycles. The fourth-order valence-electron chi connectivity index (χ4n) is 2.23. The van der Waals surface area contributed by atoms with E-state index in [-0.39, 0.29) is 0 Å². The maximum absolute atomic E-state index is 5.71. The van der Waals surface area contributed by atoms with Gasteiger partial charge < -0.3 is 9.30 Å². The highest BCUT2D eigenvalue weighted by molar-refractivity contribution is 7.99. The maximum atomic E-state index is 5.71. The van der Waals surface area contributed by atoms with Crippen molar-refractivity contribution < 1.29 is 4.74 Å². The molecule has 23 heavy (non-hydrogen) atoms. The molecule has 118 valence electrons. The fourth-order valence-corrected chi connectivity index (χ4v) is 3.03. The minimum absolute atomic E-state index is 0.645. The molecule has 0 radical (unpaired) electrons. The average Bonchev–Trinajstić information content (AvgIpc) is 2.94. The Morgan fingerprint density at radius 3 is 2.39 bits per heavy atom. The van der Waals surface area contributed by atoms with Crippen LogP contribution in [0.25, 0.3) is 0 Å². The number of aryl methyl sites for hydroxylation is 1. The van der Waals surface area contributed by atoms with Crippen LogP contribution in [0.15, 0.2) is 65.8 Å². The topological polar surface area (TPSA) is 39.9 Å². The summed E-state index contributed by atoms with van der Waals surface area (Å²) in [5, 5.41) is 9.41. The molecule has 3 rings (SSSR count). The highest BCUT2D eigenvalue weighted by Gasteiger charge is 2.09. The van der Waals surface area contributed by atoms with Gasteiger partial charge in [-0.15, -0.1) is 10.2 Å². The maximum Gasteiger partial charge on any atom is 0.191 e. The number of hydrogen-bond acceptors (Lipinski definition) is 4. The van der Waals surface area contributed by atoms with E-state index in [1.54, 1.807) is 11.8 Å². The SMILES string of the molecule is Cc1nnc(SCCOc2ccccc2)n1Cc1ccccc1. The van der Waals surface area contributed by atoms with Gasteiger partial charge in [0.1, 0.15) is 11.6 Å². The van der Waals surface area contributed by atoms with Crippen LogP contribution in [-0.4, -0.2) is 27.1 Å². The van der Waals surface area contributed by atoms with Gasteiger partial charge in [0.25, 0.3) is 0 Å². The van der Waals surface area contributed by atoms with Gasteiger partial charge in [0.2, 0.25) is 0 Å². The van der Waals surface area contributed by atoms with Crippen LogP contribution in [0, 0.1) is 6.92 Å². The quantitative estimate of drug-likeness (QED) is 0.489. The number of aromatic nitrogens is 3. The van der Waals surface area contributed by atoms with Gasteiger partial charge in [-0.2, -0.15) is 0 Å². The van der Waals surface area contributed by atoms with E-state index in [1.165, 1.54) is 5.56 Å². The summed E-state index contributed by atoms with van der Waals surface area (Å²) in [6, 6.07) is 20.2. The van der Waals surface area contributed by atoms with E-state index in [4.69, 9.17) is 4.74 Å². The molecular weight excluding hydrogens is 306 g/mol. The van der Waals surface area contributed by atoms with E-state index >= 15 is 0 Å². The summed E-state index contributed by atoms with van der Waals surface area (Å²) in [7, 11) is 0. The van der Waals surface area contributed by atoms with Crippen LogP contribution in [0.5, 0.6) is 5.75 Å². The van der Waals surface area contributed by atoms with Gasteiger partial charge in [0.05, 0.1) is 13.2 Å². The van der Waals surface area contributed by atoms with E-state index in [0.717, 1.165) is 29.0 Å². The highest BCUT2D eigenvalue weighted by atomic mass is 32.2. The molecule has 5 heteroatoms. The van der Waals surface area contributed by atoms with E-state index < -0.39 is 0 Å². The zero-order chi connectivity index (χ0) is 15.9. The summed E-state index contributed by atoms with van der Waals surface area (Å²) in [5.41, 5.74) is 1.25. The molecule has 0 atom stereocenters. The normalized spacial score (nSPS) is 10.7. The van der Waals surface area contributed by atoms with Crippen molar-refractivity contribution in [2.75, 3.05) is 12.4 Å². The number of thioether (sulfide) groups is 1. The Morgan fingerprint density at radius 1 is 0.957 bits per heavy atom. The lowest BCUT2D eigenvalue weighted by molar-refractivity contribution is 0.344. The van der Waals surface area contributed by atoms with Gasteiger partial charge in [-0.1, -0.05) is 60.3 Å². The first kappa shape index (κ1) is 15.6. The molecule has 3 aromatic rings. The van der Waals surface area contributed by atoms with Crippen LogP contribution in [-0.2, 0) is 6.54 Å². The number of para-hydroxylation sites is 1. The van der Waals surface area contributed by atoms with Gasteiger partial charge in [0.15, 0.2) is 5.16 Å². The summed E-state index contributed by atoms with van der Waals surface area (Å²) in [6.07, 6.45) is 0. The summed E-state index contributed by atoms with van der Waals surface area (Å²) >= 11 is 1.67. The van der Waals surface area contributed by atoms with Crippen LogP contribution in [0.2, 0.25) is 0 Å². The van der Waals surface area contributed by atoms with Crippen molar-refractivity contribution >= 4 is 11.8 Å². The lowest BCUT2D eigenvalue weighted by atomic mass is 10.2. The summed E-state index contributed by atoms with van der Waals surface area (Å²) in [6.45, 7) is 3.42. The average molecular weight is 325 g/mol. The number of ether oxygens (including phenoxy) is 1. The largest absolute Gasteiger partial charge is 0.493 e. The first-order chi connectivity index (χ1) is 11.3. The van der Waals surface area contributed by atoms with E-state index in [0.29, 0.717) is 6.61 Å². The molecule has 0 saturated carbocycles. The summed E-state index contributed by atoms with van der Waals surface area (Å²) < 4.78 is 7.86. The zero-order valence-electron chi connectivity index (χ0n) is 13.1. The number of hydrogen-bond donors (Lipinski definition) is 0. The summed E-state index contributed by atoms with van der Waals surface area (Å²) in [4.78, 5) is 0. The predicted molar refractivity (Wildman–Crippen MR) is 93.0 cm³/mol. The molecule has 0 amide bonds. The van der Waals surface area contributed by atoms with Crippen molar-refractivity contribution in [1.82, 2.24) is 14.8 Å². The Balaban J connectivity index is 1.56.